The Hall–Kier alpha value is -2.11. The van der Waals surface area contributed by atoms with Crippen molar-refractivity contribution >= 4 is 17.5 Å². The van der Waals surface area contributed by atoms with Gasteiger partial charge in [0.25, 0.3) is 0 Å². The second-order valence-corrected chi connectivity index (χ2v) is 4.95. The van der Waals surface area contributed by atoms with Crippen LogP contribution in [-0.4, -0.2) is 34.3 Å². The number of pyridine rings is 1. The van der Waals surface area contributed by atoms with Crippen LogP contribution in [0.15, 0.2) is 23.3 Å². The van der Waals surface area contributed by atoms with Crippen molar-refractivity contribution in [2.45, 2.75) is 26.3 Å². The summed E-state index contributed by atoms with van der Waals surface area (Å²) in [7, 11) is 0. The number of carbonyl (C=O) groups excluding carboxylic acids is 2. The highest BCUT2D eigenvalue weighted by atomic mass is 16.2. The maximum absolute atomic E-state index is 12.0. The van der Waals surface area contributed by atoms with Crippen LogP contribution < -0.4 is 10.7 Å². The van der Waals surface area contributed by atoms with E-state index in [1.165, 1.54) is 18.5 Å². The van der Waals surface area contributed by atoms with Crippen molar-refractivity contribution in [2.24, 2.45) is 5.92 Å². The predicted molar refractivity (Wildman–Crippen MR) is 70.6 cm³/mol. The maximum Gasteiger partial charge on any atom is 0.229 e. The number of aromatic amines is 1. The smallest absolute Gasteiger partial charge is 0.229 e. The third kappa shape index (κ3) is 2.83. The van der Waals surface area contributed by atoms with Crippen LogP contribution >= 0.6 is 0 Å². The van der Waals surface area contributed by atoms with Crippen molar-refractivity contribution < 1.29 is 9.59 Å². The molecule has 1 saturated heterocycles. The Kier molecular flexibility index (Phi) is 3.69. The summed E-state index contributed by atoms with van der Waals surface area (Å²) in [5.74, 6) is -0.695. The van der Waals surface area contributed by atoms with Gasteiger partial charge in [0, 0.05) is 37.5 Å². The van der Waals surface area contributed by atoms with Crippen molar-refractivity contribution in [3.63, 3.8) is 0 Å². The molecule has 2 amide bonds. The summed E-state index contributed by atoms with van der Waals surface area (Å²) in [4.78, 5) is 39.7. The summed E-state index contributed by atoms with van der Waals surface area (Å²) >= 11 is 0. The van der Waals surface area contributed by atoms with Gasteiger partial charge in [0.15, 0.2) is 0 Å². The predicted octanol–water partition coefficient (Wildman–Crippen LogP) is 0.570. The molecule has 0 unspecified atom stereocenters. The third-order valence-corrected chi connectivity index (χ3v) is 3.23. The van der Waals surface area contributed by atoms with Crippen LogP contribution in [-0.2, 0) is 9.59 Å². The van der Waals surface area contributed by atoms with Gasteiger partial charge in [-0.2, -0.15) is 0 Å². The molecule has 0 bridgehead atoms. The van der Waals surface area contributed by atoms with Gasteiger partial charge in [0.2, 0.25) is 17.2 Å². The summed E-state index contributed by atoms with van der Waals surface area (Å²) in [5.41, 5.74) is -0.0416. The molecule has 0 aromatic carbocycles. The van der Waals surface area contributed by atoms with Crippen molar-refractivity contribution in [3.05, 3.63) is 28.7 Å². The first-order valence-electron chi connectivity index (χ1n) is 6.26. The summed E-state index contributed by atoms with van der Waals surface area (Å²) < 4.78 is 0. The summed E-state index contributed by atoms with van der Waals surface area (Å²) in [6, 6.07) is 1.43. The fraction of sp³-hybridized carbons (Fsp3) is 0.462. The first-order chi connectivity index (χ1) is 8.99. The number of amides is 2. The molecule has 1 atom stereocenters. The minimum atomic E-state index is -0.394. The van der Waals surface area contributed by atoms with Crippen LogP contribution in [0.1, 0.15) is 20.3 Å². The highest BCUT2D eigenvalue weighted by Gasteiger charge is 2.35. The molecular weight excluding hydrogens is 246 g/mol. The highest BCUT2D eigenvalue weighted by molar-refractivity contribution is 5.97. The lowest BCUT2D eigenvalue weighted by Gasteiger charge is -2.20. The highest BCUT2D eigenvalue weighted by Crippen LogP contribution is 2.21. The zero-order valence-electron chi connectivity index (χ0n) is 11.0. The molecule has 0 saturated carbocycles. The van der Waals surface area contributed by atoms with Crippen LogP contribution in [0.2, 0.25) is 0 Å². The molecule has 0 radical (unpaired) electrons. The lowest BCUT2D eigenvalue weighted by atomic mass is 10.1. The van der Waals surface area contributed by atoms with E-state index in [0.717, 1.165) is 0 Å². The van der Waals surface area contributed by atoms with Gasteiger partial charge in [0.1, 0.15) is 5.69 Å². The van der Waals surface area contributed by atoms with Gasteiger partial charge < -0.3 is 15.2 Å². The largest absolute Gasteiger partial charge is 0.366 e. The fourth-order valence-corrected chi connectivity index (χ4v) is 2.15. The molecule has 1 fully saturated rings. The Morgan fingerprint density at radius 3 is 2.79 bits per heavy atom. The number of likely N-dealkylation sites (tertiary alicyclic amines) is 1. The van der Waals surface area contributed by atoms with E-state index in [0.29, 0.717) is 6.54 Å². The molecule has 6 heteroatoms. The molecule has 1 aromatic heterocycles. The number of H-pyrrole nitrogens is 1. The van der Waals surface area contributed by atoms with E-state index in [4.69, 9.17) is 0 Å². The average molecular weight is 263 g/mol. The number of carbonyl (C=O) groups is 2. The molecule has 0 aliphatic carbocycles. The van der Waals surface area contributed by atoms with E-state index in [1.807, 2.05) is 13.8 Å². The Bertz CT molecular complexity index is 550. The average Bonchev–Trinajstić information content (AvgIpc) is 2.74. The number of rotatable bonds is 3. The van der Waals surface area contributed by atoms with Crippen LogP contribution in [0.5, 0.6) is 0 Å². The van der Waals surface area contributed by atoms with E-state index < -0.39 is 5.92 Å². The number of aromatic nitrogens is 1. The zero-order chi connectivity index (χ0) is 14.0. The lowest BCUT2D eigenvalue weighted by Crippen LogP contribution is -2.33. The molecule has 1 aliphatic heterocycles. The van der Waals surface area contributed by atoms with Crippen LogP contribution in [0.25, 0.3) is 0 Å². The first kappa shape index (κ1) is 13.3. The lowest BCUT2D eigenvalue weighted by molar-refractivity contribution is -0.129. The van der Waals surface area contributed by atoms with Crippen molar-refractivity contribution in [1.29, 1.82) is 0 Å². The minimum Gasteiger partial charge on any atom is -0.366 e. The second kappa shape index (κ2) is 5.26. The van der Waals surface area contributed by atoms with E-state index >= 15 is 0 Å². The van der Waals surface area contributed by atoms with E-state index in [2.05, 4.69) is 10.3 Å². The summed E-state index contributed by atoms with van der Waals surface area (Å²) in [6.07, 6.45) is 3.14. The van der Waals surface area contributed by atoms with Crippen LogP contribution in [0, 0.1) is 5.92 Å². The number of nitrogens with one attached hydrogen (secondary N) is 2. The van der Waals surface area contributed by atoms with Crippen molar-refractivity contribution in [3.8, 4) is 0 Å². The standard InChI is InChI=1S/C13H17N3O3/c1-8(2)16-7-9(5-12(16)18)13(19)15-10-6-14-4-3-11(10)17/h3-4,6,8-9H,5,7H2,1-2H3,(H,14,17)(H,15,19)/t9-/m0/s1. The van der Waals surface area contributed by atoms with Crippen molar-refractivity contribution in [1.82, 2.24) is 9.88 Å². The van der Waals surface area contributed by atoms with E-state index in [1.54, 1.807) is 4.90 Å². The third-order valence-electron chi connectivity index (χ3n) is 3.23. The molecular formula is C13H17N3O3. The second-order valence-electron chi connectivity index (χ2n) is 4.95. The van der Waals surface area contributed by atoms with E-state index in [-0.39, 0.29) is 35.4 Å². The molecule has 2 rings (SSSR count). The van der Waals surface area contributed by atoms with Gasteiger partial charge >= 0.3 is 0 Å². The first-order valence-corrected chi connectivity index (χ1v) is 6.26. The normalized spacial score (nSPS) is 19.0. The molecule has 2 N–H and O–H groups in total. The van der Waals surface area contributed by atoms with Gasteiger partial charge in [-0.1, -0.05) is 0 Å². The van der Waals surface area contributed by atoms with Gasteiger partial charge in [-0.15, -0.1) is 0 Å². The molecule has 19 heavy (non-hydrogen) atoms. The Labute approximate surface area is 110 Å². The summed E-state index contributed by atoms with van der Waals surface area (Å²) in [6.45, 7) is 4.24. The summed E-state index contributed by atoms with van der Waals surface area (Å²) in [5, 5.41) is 2.57. The van der Waals surface area contributed by atoms with Crippen LogP contribution in [0.3, 0.4) is 0 Å². The fourth-order valence-electron chi connectivity index (χ4n) is 2.15. The molecule has 6 nitrogen and oxygen atoms in total. The van der Waals surface area contributed by atoms with Crippen molar-refractivity contribution in [2.75, 3.05) is 11.9 Å². The molecule has 1 aromatic rings. The van der Waals surface area contributed by atoms with Crippen LogP contribution in [0.4, 0.5) is 5.69 Å². The van der Waals surface area contributed by atoms with E-state index in [9.17, 15) is 14.4 Å². The quantitative estimate of drug-likeness (QED) is 0.836. The Balaban J connectivity index is 2.05. The zero-order valence-corrected chi connectivity index (χ0v) is 11.0. The van der Waals surface area contributed by atoms with Gasteiger partial charge in [-0.05, 0) is 13.8 Å². The van der Waals surface area contributed by atoms with Gasteiger partial charge in [0.05, 0.1) is 5.92 Å². The molecule has 2 heterocycles. The Morgan fingerprint density at radius 2 is 2.21 bits per heavy atom. The number of hydrogen-bond donors (Lipinski definition) is 2. The SMILES string of the molecule is CC(C)N1C[C@@H](C(=O)Nc2c[nH]ccc2=O)CC1=O. The number of nitrogens with zero attached hydrogens (tertiary/aromatic N) is 1. The number of anilines is 1. The molecule has 102 valence electrons. The van der Waals surface area contributed by atoms with Gasteiger partial charge in [-0.25, -0.2) is 0 Å². The number of hydrogen-bond acceptors (Lipinski definition) is 3. The molecule has 0 spiro atoms. The maximum atomic E-state index is 12.0. The Morgan fingerprint density at radius 1 is 1.47 bits per heavy atom. The monoisotopic (exact) mass is 263 g/mol. The molecule has 1 aliphatic rings. The minimum absolute atomic E-state index is 0.0166. The topological polar surface area (TPSA) is 82.3 Å². The van der Waals surface area contributed by atoms with Gasteiger partial charge in [-0.3, -0.25) is 14.4 Å².